The Balaban J connectivity index is 0.00000122. The van der Waals surface area contributed by atoms with Crippen LogP contribution in [0.1, 0.15) is 33.6 Å². The SMILES string of the molecule is COC.COC(=O)C1CCC(C=O)N1C(=O)OC(C)(C)C. The van der Waals surface area contributed by atoms with Crippen molar-refractivity contribution in [3.8, 4) is 0 Å². The minimum absolute atomic E-state index is 0.412. The van der Waals surface area contributed by atoms with Crippen LogP contribution >= 0.6 is 0 Å². The summed E-state index contributed by atoms with van der Waals surface area (Å²) in [6.45, 7) is 5.18. The Morgan fingerprint density at radius 3 is 2.05 bits per heavy atom. The van der Waals surface area contributed by atoms with Gasteiger partial charge < -0.3 is 19.0 Å². The zero-order valence-corrected chi connectivity index (χ0v) is 13.5. The molecule has 0 aromatic carbocycles. The maximum atomic E-state index is 12.0. The standard InChI is InChI=1S/C12H19NO5.C2H6O/c1-12(2,3)18-11(16)13-8(7-14)5-6-9(13)10(15)17-4;1-3-2/h7-9H,5-6H2,1-4H3;1-2H3. The van der Waals surface area contributed by atoms with Crippen LogP contribution < -0.4 is 0 Å². The Hall–Kier alpha value is -1.63. The Kier molecular flexibility index (Phi) is 7.94. The molecule has 1 aliphatic rings. The molecule has 1 aliphatic heterocycles. The van der Waals surface area contributed by atoms with Gasteiger partial charge in [0.1, 0.15) is 17.9 Å². The van der Waals surface area contributed by atoms with E-state index in [0.717, 1.165) is 0 Å². The summed E-state index contributed by atoms with van der Waals surface area (Å²) >= 11 is 0. The van der Waals surface area contributed by atoms with Crippen molar-refractivity contribution < 1.29 is 28.6 Å². The number of carbonyl (C=O) groups excluding carboxylic acids is 3. The predicted molar refractivity (Wildman–Crippen MR) is 75.9 cm³/mol. The van der Waals surface area contributed by atoms with Crippen LogP contribution in [0.3, 0.4) is 0 Å². The number of hydrogen-bond acceptors (Lipinski definition) is 6. The molecule has 0 radical (unpaired) electrons. The Bertz CT molecular complexity index is 363. The molecule has 7 heteroatoms. The summed E-state index contributed by atoms with van der Waals surface area (Å²) in [6.07, 6.45) is 0.859. The maximum Gasteiger partial charge on any atom is 0.411 e. The molecule has 1 saturated heterocycles. The lowest BCUT2D eigenvalue weighted by Gasteiger charge is -2.29. The average Bonchev–Trinajstić information content (AvgIpc) is 2.80. The second-order valence-corrected chi connectivity index (χ2v) is 5.62. The van der Waals surface area contributed by atoms with E-state index in [1.54, 1.807) is 35.0 Å². The number of aldehydes is 1. The zero-order chi connectivity index (χ0) is 16.6. The molecule has 1 heterocycles. The van der Waals surface area contributed by atoms with E-state index in [1.807, 2.05) is 0 Å². The topological polar surface area (TPSA) is 82.1 Å². The lowest BCUT2D eigenvalue weighted by Crippen LogP contribution is -2.48. The van der Waals surface area contributed by atoms with Crippen LogP contribution in [0, 0.1) is 0 Å². The lowest BCUT2D eigenvalue weighted by atomic mass is 10.2. The van der Waals surface area contributed by atoms with E-state index in [0.29, 0.717) is 19.1 Å². The van der Waals surface area contributed by atoms with Gasteiger partial charge in [-0.3, -0.25) is 4.90 Å². The largest absolute Gasteiger partial charge is 0.467 e. The highest BCUT2D eigenvalue weighted by Crippen LogP contribution is 2.26. The quantitative estimate of drug-likeness (QED) is 0.566. The van der Waals surface area contributed by atoms with E-state index in [2.05, 4.69) is 9.47 Å². The fraction of sp³-hybridized carbons (Fsp3) is 0.786. The molecule has 1 rings (SSSR count). The number of esters is 1. The molecule has 21 heavy (non-hydrogen) atoms. The third-order valence-corrected chi connectivity index (χ3v) is 2.66. The Morgan fingerprint density at radius 2 is 1.67 bits per heavy atom. The Labute approximate surface area is 125 Å². The van der Waals surface area contributed by atoms with Crippen molar-refractivity contribution in [1.29, 1.82) is 0 Å². The van der Waals surface area contributed by atoms with Crippen LogP contribution in [0.4, 0.5) is 4.79 Å². The van der Waals surface area contributed by atoms with Crippen molar-refractivity contribution in [2.45, 2.75) is 51.3 Å². The third kappa shape index (κ3) is 6.12. The van der Waals surface area contributed by atoms with Gasteiger partial charge in [0.2, 0.25) is 0 Å². The van der Waals surface area contributed by atoms with Crippen molar-refractivity contribution in [1.82, 2.24) is 4.90 Å². The van der Waals surface area contributed by atoms with E-state index in [4.69, 9.17) is 4.74 Å². The molecule has 122 valence electrons. The summed E-state index contributed by atoms with van der Waals surface area (Å²) in [5.41, 5.74) is -0.673. The van der Waals surface area contributed by atoms with Gasteiger partial charge in [-0.1, -0.05) is 0 Å². The number of nitrogens with zero attached hydrogens (tertiary/aromatic N) is 1. The molecule has 0 N–H and O–H groups in total. The number of ether oxygens (including phenoxy) is 3. The van der Waals surface area contributed by atoms with Crippen molar-refractivity contribution in [3.05, 3.63) is 0 Å². The number of methoxy groups -OCH3 is 2. The minimum Gasteiger partial charge on any atom is -0.467 e. The summed E-state index contributed by atoms with van der Waals surface area (Å²) in [6, 6.07) is -1.36. The highest BCUT2D eigenvalue weighted by atomic mass is 16.6. The van der Waals surface area contributed by atoms with Gasteiger partial charge in [0.15, 0.2) is 0 Å². The normalized spacial score (nSPS) is 21.1. The van der Waals surface area contributed by atoms with Crippen LogP contribution in [-0.2, 0) is 23.8 Å². The van der Waals surface area contributed by atoms with E-state index in [9.17, 15) is 14.4 Å². The van der Waals surface area contributed by atoms with Gasteiger partial charge in [-0.25, -0.2) is 9.59 Å². The number of carbonyl (C=O) groups is 3. The minimum atomic E-state index is -0.736. The van der Waals surface area contributed by atoms with E-state index < -0.39 is 29.7 Å². The predicted octanol–water partition coefficient (Wildman–Crippen LogP) is 1.39. The molecular weight excluding hydrogens is 278 g/mol. The van der Waals surface area contributed by atoms with Crippen molar-refractivity contribution >= 4 is 18.3 Å². The van der Waals surface area contributed by atoms with Gasteiger partial charge >= 0.3 is 12.1 Å². The second-order valence-electron chi connectivity index (χ2n) is 5.62. The fourth-order valence-electron chi connectivity index (χ4n) is 1.92. The average molecular weight is 303 g/mol. The number of hydrogen-bond donors (Lipinski definition) is 0. The fourth-order valence-corrected chi connectivity index (χ4v) is 1.92. The molecule has 0 bridgehead atoms. The smallest absolute Gasteiger partial charge is 0.411 e. The van der Waals surface area contributed by atoms with Crippen LogP contribution in [-0.4, -0.2) is 62.3 Å². The van der Waals surface area contributed by atoms with Gasteiger partial charge in [0.05, 0.1) is 13.2 Å². The van der Waals surface area contributed by atoms with Gasteiger partial charge in [-0.05, 0) is 33.6 Å². The molecular formula is C14H25NO6. The van der Waals surface area contributed by atoms with Crippen LogP contribution in [0.25, 0.3) is 0 Å². The molecule has 2 unspecified atom stereocenters. The van der Waals surface area contributed by atoms with Gasteiger partial charge in [-0.15, -0.1) is 0 Å². The summed E-state index contributed by atoms with van der Waals surface area (Å²) in [5.74, 6) is -0.523. The van der Waals surface area contributed by atoms with Crippen LogP contribution in [0.2, 0.25) is 0 Å². The molecule has 0 aromatic rings. The van der Waals surface area contributed by atoms with E-state index in [1.165, 1.54) is 12.0 Å². The monoisotopic (exact) mass is 303 g/mol. The summed E-state index contributed by atoms with van der Waals surface area (Å²) in [7, 11) is 4.50. The molecule has 1 amide bonds. The first-order valence-corrected chi connectivity index (χ1v) is 6.66. The zero-order valence-electron chi connectivity index (χ0n) is 13.5. The molecule has 0 aromatic heterocycles. The first kappa shape index (κ1) is 19.4. The molecule has 7 nitrogen and oxygen atoms in total. The summed E-state index contributed by atoms with van der Waals surface area (Å²) in [5, 5.41) is 0. The molecule has 0 spiro atoms. The number of amides is 1. The first-order chi connectivity index (χ1) is 9.71. The van der Waals surface area contributed by atoms with Gasteiger partial charge in [-0.2, -0.15) is 0 Å². The third-order valence-electron chi connectivity index (χ3n) is 2.66. The first-order valence-electron chi connectivity index (χ1n) is 6.66. The molecule has 2 atom stereocenters. The van der Waals surface area contributed by atoms with Crippen molar-refractivity contribution in [3.63, 3.8) is 0 Å². The van der Waals surface area contributed by atoms with Crippen LogP contribution in [0.5, 0.6) is 0 Å². The summed E-state index contributed by atoms with van der Waals surface area (Å²) < 4.78 is 14.1. The Morgan fingerprint density at radius 1 is 1.14 bits per heavy atom. The molecule has 0 saturated carbocycles. The van der Waals surface area contributed by atoms with Gasteiger partial charge in [0.25, 0.3) is 0 Å². The highest BCUT2D eigenvalue weighted by Gasteiger charge is 2.43. The maximum absolute atomic E-state index is 12.0. The number of likely N-dealkylation sites (tertiary alicyclic amines) is 1. The molecule has 1 fully saturated rings. The van der Waals surface area contributed by atoms with Crippen LogP contribution in [0.15, 0.2) is 0 Å². The van der Waals surface area contributed by atoms with Crippen molar-refractivity contribution in [2.24, 2.45) is 0 Å². The highest BCUT2D eigenvalue weighted by molar-refractivity contribution is 5.85. The van der Waals surface area contributed by atoms with E-state index in [-0.39, 0.29) is 0 Å². The van der Waals surface area contributed by atoms with Gasteiger partial charge in [0, 0.05) is 14.2 Å². The second kappa shape index (κ2) is 8.61. The van der Waals surface area contributed by atoms with E-state index >= 15 is 0 Å². The number of rotatable bonds is 2. The summed E-state index contributed by atoms with van der Waals surface area (Å²) in [4.78, 5) is 35.7. The lowest BCUT2D eigenvalue weighted by molar-refractivity contribution is -0.146. The molecule has 0 aliphatic carbocycles. The van der Waals surface area contributed by atoms with Crippen molar-refractivity contribution in [2.75, 3.05) is 21.3 Å².